The number of hydrogen-bond donors (Lipinski definition) is 1. The molecule has 0 heterocycles. The maximum absolute atomic E-state index is 13.0. The second-order valence-electron chi connectivity index (χ2n) is 2.85. The van der Waals surface area contributed by atoms with Crippen LogP contribution in [0.3, 0.4) is 0 Å². The quantitative estimate of drug-likeness (QED) is 0.686. The fourth-order valence-corrected chi connectivity index (χ4v) is 1.35. The Balaban J connectivity index is 2.78. The summed E-state index contributed by atoms with van der Waals surface area (Å²) in [7, 11) is 0. The summed E-state index contributed by atoms with van der Waals surface area (Å²) in [6.45, 7) is 1.82. The van der Waals surface area contributed by atoms with Gasteiger partial charge >= 0.3 is 0 Å². The molecule has 1 aromatic carbocycles. The maximum atomic E-state index is 13.0. The summed E-state index contributed by atoms with van der Waals surface area (Å²) >= 11 is 4.12. The molecule has 0 aliphatic carbocycles. The van der Waals surface area contributed by atoms with Gasteiger partial charge in [0.05, 0.1) is 0 Å². The third kappa shape index (κ3) is 2.24. The monoisotopic (exact) mass is 184 g/mol. The zero-order valence-corrected chi connectivity index (χ0v) is 8.07. The van der Waals surface area contributed by atoms with Gasteiger partial charge < -0.3 is 0 Å². The van der Waals surface area contributed by atoms with Gasteiger partial charge in [-0.3, -0.25) is 0 Å². The minimum atomic E-state index is -0.105. The van der Waals surface area contributed by atoms with Crippen LogP contribution in [0.15, 0.2) is 18.2 Å². The van der Waals surface area contributed by atoms with Crippen molar-refractivity contribution < 1.29 is 4.39 Å². The molecule has 0 unspecified atom stereocenters. The molecule has 0 atom stereocenters. The second kappa shape index (κ2) is 4.51. The second-order valence-corrected chi connectivity index (χ2v) is 3.30. The smallest absolute Gasteiger partial charge is 0.126 e. The SMILES string of the molecule is Cc1c(F)cccc1CCCS. The number of benzene rings is 1. The standard InChI is InChI=1S/C10H13FS/c1-8-9(5-3-7-12)4-2-6-10(8)11/h2,4,6,12H,3,5,7H2,1H3. The van der Waals surface area contributed by atoms with Gasteiger partial charge in [0.25, 0.3) is 0 Å². The molecule has 12 heavy (non-hydrogen) atoms. The zero-order chi connectivity index (χ0) is 8.97. The highest BCUT2D eigenvalue weighted by atomic mass is 32.1. The maximum Gasteiger partial charge on any atom is 0.126 e. The highest BCUT2D eigenvalue weighted by Gasteiger charge is 2.01. The van der Waals surface area contributed by atoms with Crippen LogP contribution in [0.1, 0.15) is 17.5 Å². The average molecular weight is 184 g/mol. The van der Waals surface area contributed by atoms with Crippen LogP contribution in [0.4, 0.5) is 4.39 Å². The number of halogens is 1. The zero-order valence-electron chi connectivity index (χ0n) is 7.18. The molecular weight excluding hydrogens is 171 g/mol. The molecule has 0 N–H and O–H groups in total. The van der Waals surface area contributed by atoms with Crippen molar-refractivity contribution in [2.75, 3.05) is 5.75 Å². The van der Waals surface area contributed by atoms with E-state index in [2.05, 4.69) is 12.6 Å². The molecule has 2 heteroatoms. The molecule has 0 fully saturated rings. The Hall–Kier alpha value is -0.500. The number of rotatable bonds is 3. The highest BCUT2D eigenvalue weighted by molar-refractivity contribution is 7.80. The van der Waals surface area contributed by atoms with Crippen LogP contribution in [0.2, 0.25) is 0 Å². The summed E-state index contributed by atoms with van der Waals surface area (Å²) in [6, 6.07) is 5.23. The number of thiol groups is 1. The molecule has 0 amide bonds. The van der Waals surface area contributed by atoms with Gasteiger partial charge in [0.15, 0.2) is 0 Å². The first-order valence-corrected chi connectivity index (χ1v) is 4.74. The van der Waals surface area contributed by atoms with E-state index in [4.69, 9.17) is 0 Å². The molecule has 66 valence electrons. The normalized spacial score (nSPS) is 10.2. The Bertz CT molecular complexity index is 258. The van der Waals surface area contributed by atoms with Crippen molar-refractivity contribution in [1.29, 1.82) is 0 Å². The number of hydrogen-bond acceptors (Lipinski definition) is 1. The summed E-state index contributed by atoms with van der Waals surface area (Å²) in [4.78, 5) is 0. The molecule has 0 aliphatic rings. The predicted molar refractivity (Wildman–Crippen MR) is 53.3 cm³/mol. The van der Waals surface area contributed by atoms with E-state index < -0.39 is 0 Å². The van der Waals surface area contributed by atoms with Crippen LogP contribution >= 0.6 is 12.6 Å². The van der Waals surface area contributed by atoms with Gasteiger partial charge in [-0.1, -0.05) is 12.1 Å². The summed E-state index contributed by atoms with van der Waals surface area (Å²) < 4.78 is 13.0. The third-order valence-electron chi connectivity index (χ3n) is 1.98. The summed E-state index contributed by atoms with van der Waals surface area (Å²) in [5.41, 5.74) is 1.88. The molecule has 0 radical (unpaired) electrons. The van der Waals surface area contributed by atoms with Crippen molar-refractivity contribution in [3.63, 3.8) is 0 Å². The van der Waals surface area contributed by atoms with Gasteiger partial charge in [-0.2, -0.15) is 12.6 Å². The molecule has 1 aromatic rings. The first-order chi connectivity index (χ1) is 5.75. The van der Waals surface area contributed by atoms with E-state index in [1.54, 1.807) is 6.07 Å². The third-order valence-corrected chi connectivity index (χ3v) is 2.30. The first kappa shape index (κ1) is 9.59. The Morgan fingerprint density at radius 3 is 2.83 bits per heavy atom. The van der Waals surface area contributed by atoms with Crippen LogP contribution in [0, 0.1) is 12.7 Å². The van der Waals surface area contributed by atoms with E-state index in [-0.39, 0.29) is 5.82 Å². The van der Waals surface area contributed by atoms with Crippen molar-refractivity contribution in [3.05, 3.63) is 35.1 Å². The van der Waals surface area contributed by atoms with Crippen LogP contribution in [-0.4, -0.2) is 5.75 Å². The fraction of sp³-hybridized carbons (Fsp3) is 0.400. The van der Waals surface area contributed by atoms with Crippen molar-refractivity contribution in [2.45, 2.75) is 19.8 Å². The molecule has 0 nitrogen and oxygen atoms in total. The molecule has 0 aromatic heterocycles. The topological polar surface area (TPSA) is 0 Å². The summed E-state index contributed by atoms with van der Waals surface area (Å²) in [6.07, 6.45) is 1.93. The molecule has 0 saturated carbocycles. The summed E-state index contributed by atoms with van der Waals surface area (Å²) in [5.74, 6) is 0.752. The lowest BCUT2D eigenvalue weighted by molar-refractivity contribution is 0.615. The predicted octanol–water partition coefficient (Wildman–Crippen LogP) is 3.00. The Labute approximate surface area is 78.2 Å². The van der Waals surface area contributed by atoms with E-state index in [0.29, 0.717) is 0 Å². The first-order valence-electron chi connectivity index (χ1n) is 4.10. The minimum Gasteiger partial charge on any atom is -0.207 e. The highest BCUT2D eigenvalue weighted by Crippen LogP contribution is 2.13. The van der Waals surface area contributed by atoms with Crippen LogP contribution in [0.5, 0.6) is 0 Å². The number of aryl methyl sites for hydroxylation is 1. The van der Waals surface area contributed by atoms with E-state index in [1.165, 1.54) is 6.07 Å². The van der Waals surface area contributed by atoms with Crippen LogP contribution in [-0.2, 0) is 6.42 Å². The van der Waals surface area contributed by atoms with Gasteiger partial charge in [-0.15, -0.1) is 0 Å². The largest absolute Gasteiger partial charge is 0.207 e. The molecule has 1 rings (SSSR count). The van der Waals surface area contributed by atoms with Crippen molar-refractivity contribution >= 4 is 12.6 Å². The average Bonchev–Trinajstić information content (AvgIpc) is 2.08. The summed E-state index contributed by atoms with van der Waals surface area (Å²) in [5, 5.41) is 0. The van der Waals surface area contributed by atoms with E-state index >= 15 is 0 Å². The van der Waals surface area contributed by atoms with Crippen LogP contribution < -0.4 is 0 Å². The molecule has 0 aliphatic heterocycles. The van der Waals surface area contributed by atoms with Gasteiger partial charge in [-0.05, 0) is 42.7 Å². The van der Waals surface area contributed by atoms with E-state index in [9.17, 15) is 4.39 Å². The van der Waals surface area contributed by atoms with Crippen molar-refractivity contribution in [1.82, 2.24) is 0 Å². The Morgan fingerprint density at radius 1 is 1.42 bits per heavy atom. The van der Waals surface area contributed by atoms with Crippen LogP contribution in [0.25, 0.3) is 0 Å². The van der Waals surface area contributed by atoms with Crippen molar-refractivity contribution in [3.8, 4) is 0 Å². The van der Waals surface area contributed by atoms with Crippen molar-refractivity contribution in [2.24, 2.45) is 0 Å². The van der Waals surface area contributed by atoms with E-state index in [0.717, 1.165) is 29.7 Å². The fourth-order valence-electron chi connectivity index (χ4n) is 1.19. The molecular formula is C10H13FS. The minimum absolute atomic E-state index is 0.105. The Kier molecular flexibility index (Phi) is 3.60. The van der Waals surface area contributed by atoms with Gasteiger partial charge in [-0.25, -0.2) is 4.39 Å². The molecule has 0 spiro atoms. The van der Waals surface area contributed by atoms with Gasteiger partial charge in [0.1, 0.15) is 5.82 Å². The van der Waals surface area contributed by atoms with E-state index in [1.807, 2.05) is 13.0 Å². The lowest BCUT2D eigenvalue weighted by Gasteiger charge is -2.04. The lowest BCUT2D eigenvalue weighted by Crippen LogP contribution is -1.93. The van der Waals surface area contributed by atoms with Gasteiger partial charge in [0, 0.05) is 0 Å². The van der Waals surface area contributed by atoms with Gasteiger partial charge in [0.2, 0.25) is 0 Å². The molecule has 0 bridgehead atoms. The lowest BCUT2D eigenvalue weighted by atomic mass is 10.0. The molecule has 0 saturated heterocycles. The Morgan fingerprint density at radius 2 is 2.17 bits per heavy atom.